The Balaban J connectivity index is 1.36. The first-order valence-corrected chi connectivity index (χ1v) is 11.1. The summed E-state index contributed by atoms with van der Waals surface area (Å²) < 4.78 is 5.31. The summed E-state index contributed by atoms with van der Waals surface area (Å²) in [5, 5.41) is 2.55. The molecule has 2 unspecified atom stereocenters. The van der Waals surface area contributed by atoms with Crippen molar-refractivity contribution in [3.63, 3.8) is 0 Å². The highest BCUT2D eigenvalue weighted by molar-refractivity contribution is 6.04. The number of benzene rings is 2. The van der Waals surface area contributed by atoms with E-state index >= 15 is 0 Å². The lowest BCUT2D eigenvalue weighted by molar-refractivity contribution is -0.127. The van der Waals surface area contributed by atoms with E-state index in [0.717, 1.165) is 46.8 Å². The molecule has 1 saturated heterocycles. The Hall–Kier alpha value is -3.88. The third-order valence-electron chi connectivity index (χ3n) is 6.45. The van der Waals surface area contributed by atoms with Crippen LogP contribution in [0.4, 0.5) is 4.79 Å². The molecule has 2 aliphatic heterocycles. The molecule has 6 rings (SSSR count). The van der Waals surface area contributed by atoms with E-state index in [4.69, 9.17) is 14.7 Å². The number of H-pyrrole nitrogens is 1. The van der Waals surface area contributed by atoms with Crippen LogP contribution < -0.4 is 10.1 Å². The fourth-order valence-corrected chi connectivity index (χ4v) is 4.73. The average Bonchev–Trinajstić information content (AvgIpc) is 3.47. The molecule has 0 bridgehead atoms. The summed E-state index contributed by atoms with van der Waals surface area (Å²) in [5.41, 5.74) is 2.79. The van der Waals surface area contributed by atoms with Crippen LogP contribution in [0.3, 0.4) is 0 Å². The molecule has 0 radical (unpaired) electrons. The number of aromatic amines is 1. The van der Waals surface area contributed by atoms with Gasteiger partial charge in [-0.05, 0) is 30.5 Å². The van der Waals surface area contributed by atoms with Crippen LogP contribution in [-0.4, -0.2) is 62.9 Å². The Morgan fingerprint density at radius 3 is 2.70 bits per heavy atom. The normalized spacial score (nSPS) is 22.4. The number of urea groups is 1. The number of amidine groups is 1. The van der Waals surface area contributed by atoms with Crippen molar-refractivity contribution in [2.24, 2.45) is 4.99 Å². The fraction of sp³-hybridized carbons (Fsp3) is 0.333. The number of carbonyl (C=O) groups is 2. The monoisotopic (exact) mass is 444 g/mol. The summed E-state index contributed by atoms with van der Waals surface area (Å²) in [6.07, 6.45) is 1.80. The molecule has 2 aromatic carbocycles. The van der Waals surface area contributed by atoms with Crippen LogP contribution in [0.2, 0.25) is 0 Å². The number of aliphatic imine (C=N–C) groups is 1. The molecule has 1 saturated carbocycles. The summed E-state index contributed by atoms with van der Waals surface area (Å²) in [4.78, 5) is 42.3. The number of hydrogen-bond donors (Lipinski definition) is 2. The molecular formula is C24H24N6O3. The van der Waals surface area contributed by atoms with Crippen molar-refractivity contribution >= 4 is 28.8 Å². The van der Waals surface area contributed by atoms with Gasteiger partial charge in [-0.2, -0.15) is 0 Å². The van der Waals surface area contributed by atoms with E-state index in [9.17, 15) is 9.59 Å². The van der Waals surface area contributed by atoms with Gasteiger partial charge >= 0.3 is 6.03 Å². The maximum absolute atomic E-state index is 13.0. The van der Waals surface area contributed by atoms with Gasteiger partial charge in [0.25, 0.3) is 5.91 Å². The Kier molecular flexibility index (Phi) is 4.56. The molecule has 9 nitrogen and oxygen atoms in total. The second-order valence-corrected chi connectivity index (χ2v) is 8.69. The number of ether oxygens (including phenoxy) is 1. The lowest BCUT2D eigenvalue weighted by Gasteiger charge is -2.38. The molecule has 3 heterocycles. The molecule has 1 aliphatic carbocycles. The van der Waals surface area contributed by atoms with Crippen LogP contribution in [-0.2, 0) is 17.8 Å². The second kappa shape index (κ2) is 7.61. The molecule has 1 aromatic heterocycles. The van der Waals surface area contributed by atoms with Crippen molar-refractivity contribution in [2.45, 2.75) is 44.1 Å². The molecule has 33 heavy (non-hydrogen) atoms. The standard InChI is InChI=1S/C24H24N6O3/c1-33-16-9-10-17-18(11-16)26-19(25-17)12-20-27-22-21(29(20)13-14-5-3-2-4-6-14)23(31)28-24(32)30(22)15-7-8-15/h2-6,9-11,15,21-22H,7-8,12-13H2,1H3,(H,25,26)(H,28,31,32). The number of hydrogen-bond acceptors (Lipinski definition) is 6. The number of amides is 3. The lowest BCUT2D eigenvalue weighted by atomic mass is 10.1. The maximum atomic E-state index is 13.0. The Labute approximate surface area is 190 Å². The van der Waals surface area contributed by atoms with Crippen molar-refractivity contribution in [3.8, 4) is 5.75 Å². The van der Waals surface area contributed by atoms with Crippen molar-refractivity contribution in [2.75, 3.05) is 7.11 Å². The largest absolute Gasteiger partial charge is 0.497 e. The minimum atomic E-state index is -0.553. The third kappa shape index (κ3) is 3.49. The van der Waals surface area contributed by atoms with Crippen LogP contribution in [0, 0.1) is 0 Å². The zero-order valence-electron chi connectivity index (χ0n) is 18.2. The van der Waals surface area contributed by atoms with E-state index in [-0.39, 0.29) is 18.0 Å². The first-order valence-electron chi connectivity index (χ1n) is 11.1. The highest BCUT2D eigenvalue weighted by Crippen LogP contribution is 2.36. The topological polar surface area (TPSA) is 103 Å². The van der Waals surface area contributed by atoms with E-state index in [1.54, 1.807) is 12.0 Å². The van der Waals surface area contributed by atoms with Crippen LogP contribution in [0.1, 0.15) is 24.2 Å². The van der Waals surface area contributed by atoms with Gasteiger partial charge in [-0.3, -0.25) is 15.0 Å². The number of imide groups is 1. The van der Waals surface area contributed by atoms with E-state index in [0.29, 0.717) is 13.0 Å². The number of fused-ring (bicyclic) bond motifs is 2. The summed E-state index contributed by atoms with van der Waals surface area (Å²) in [7, 11) is 1.63. The second-order valence-electron chi connectivity index (χ2n) is 8.69. The summed E-state index contributed by atoms with van der Waals surface area (Å²) >= 11 is 0. The Morgan fingerprint density at radius 1 is 1.12 bits per heavy atom. The van der Waals surface area contributed by atoms with Gasteiger partial charge in [0.05, 0.1) is 24.6 Å². The van der Waals surface area contributed by atoms with Crippen LogP contribution in [0.25, 0.3) is 11.0 Å². The van der Waals surface area contributed by atoms with Crippen molar-refractivity contribution in [3.05, 3.63) is 59.9 Å². The zero-order chi connectivity index (χ0) is 22.5. The number of imidazole rings is 1. The van der Waals surface area contributed by atoms with E-state index in [2.05, 4.69) is 10.3 Å². The van der Waals surface area contributed by atoms with Crippen LogP contribution in [0.5, 0.6) is 5.75 Å². The van der Waals surface area contributed by atoms with Gasteiger partial charge < -0.3 is 14.6 Å². The summed E-state index contributed by atoms with van der Waals surface area (Å²) in [6, 6.07) is 14.9. The number of rotatable bonds is 6. The molecule has 3 aliphatic rings. The smallest absolute Gasteiger partial charge is 0.326 e. The van der Waals surface area contributed by atoms with E-state index in [1.807, 2.05) is 53.4 Å². The van der Waals surface area contributed by atoms with Crippen LogP contribution in [0.15, 0.2) is 53.5 Å². The van der Waals surface area contributed by atoms with Crippen molar-refractivity contribution in [1.29, 1.82) is 0 Å². The Morgan fingerprint density at radius 2 is 1.94 bits per heavy atom. The number of aromatic nitrogens is 2. The predicted molar refractivity (Wildman–Crippen MR) is 122 cm³/mol. The minimum Gasteiger partial charge on any atom is -0.497 e. The predicted octanol–water partition coefficient (Wildman–Crippen LogP) is 2.44. The minimum absolute atomic E-state index is 0.144. The molecule has 2 atom stereocenters. The van der Waals surface area contributed by atoms with E-state index < -0.39 is 12.2 Å². The maximum Gasteiger partial charge on any atom is 0.326 e. The highest BCUT2D eigenvalue weighted by atomic mass is 16.5. The lowest BCUT2D eigenvalue weighted by Crippen LogP contribution is -2.65. The SMILES string of the molecule is COc1ccc2nc(CC3=NC4C(C(=O)NC(=O)N4C4CC4)N3Cc3ccccc3)[nH]c2c1. The van der Waals surface area contributed by atoms with Gasteiger partial charge in [0.2, 0.25) is 0 Å². The number of carbonyl (C=O) groups excluding carboxylic acids is 2. The van der Waals surface area contributed by atoms with Crippen LogP contribution >= 0.6 is 0 Å². The summed E-state index contributed by atoms with van der Waals surface area (Å²) in [5.74, 6) is 1.95. The third-order valence-corrected chi connectivity index (χ3v) is 6.45. The molecule has 0 spiro atoms. The molecule has 3 aromatic rings. The molecule has 9 heteroatoms. The van der Waals surface area contributed by atoms with Gasteiger partial charge in [-0.1, -0.05) is 30.3 Å². The van der Waals surface area contributed by atoms with Gasteiger partial charge in [-0.15, -0.1) is 0 Å². The molecule has 3 amide bonds. The van der Waals surface area contributed by atoms with Gasteiger partial charge in [0.15, 0.2) is 12.2 Å². The number of nitrogens with zero attached hydrogens (tertiary/aromatic N) is 4. The first-order chi connectivity index (χ1) is 16.1. The quantitative estimate of drug-likeness (QED) is 0.608. The molecule has 2 N–H and O–H groups in total. The molecular weight excluding hydrogens is 420 g/mol. The number of methoxy groups -OCH3 is 1. The average molecular weight is 444 g/mol. The Bertz CT molecular complexity index is 1270. The van der Waals surface area contributed by atoms with E-state index in [1.165, 1.54) is 0 Å². The van der Waals surface area contributed by atoms with Crippen molar-refractivity contribution in [1.82, 2.24) is 25.1 Å². The summed E-state index contributed by atoms with van der Waals surface area (Å²) in [6.45, 7) is 0.523. The van der Waals surface area contributed by atoms with Crippen molar-refractivity contribution < 1.29 is 14.3 Å². The van der Waals surface area contributed by atoms with Gasteiger partial charge in [0, 0.05) is 18.7 Å². The molecule has 2 fully saturated rings. The van der Waals surface area contributed by atoms with Gasteiger partial charge in [0.1, 0.15) is 17.4 Å². The molecule has 168 valence electrons. The number of nitrogens with one attached hydrogen (secondary N) is 2. The van der Waals surface area contributed by atoms with Gasteiger partial charge in [-0.25, -0.2) is 14.8 Å². The highest BCUT2D eigenvalue weighted by Gasteiger charge is 2.53. The first kappa shape index (κ1) is 19.8. The zero-order valence-corrected chi connectivity index (χ0v) is 18.2. The fourth-order valence-electron chi connectivity index (χ4n) is 4.73.